The minimum absolute atomic E-state index is 0.533. The van der Waals surface area contributed by atoms with Gasteiger partial charge in [-0.2, -0.15) is 0 Å². The summed E-state index contributed by atoms with van der Waals surface area (Å²) in [6.45, 7) is 14.2. The minimum Gasteiger partial charge on any atom is -0.493 e. The molecule has 0 spiro atoms. The molecule has 1 amide bonds. The molecule has 2 N–H and O–H groups in total. The van der Waals surface area contributed by atoms with Crippen LogP contribution in [0.3, 0.4) is 0 Å². The van der Waals surface area contributed by atoms with E-state index in [4.69, 9.17) is 4.74 Å². The lowest BCUT2D eigenvalue weighted by Gasteiger charge is -2.36. The number of anilines is 2. The van der Waals surface area contributed by atoms with E-state index in [0.29, 0.717) is 32.1 Å². The Labute approximate surface area is 187 Å². The van der Waals surface area contributed by atoms with Gasteiger partial charge in [0.15, 0.2) is 0 Å². The zero-order valence-corrected chi connectivity index (χ0v) is 19.5. The predicted octanol–water partition coefficient (Wildman–Crippen LogP) is 4.12. The smallest absolute Gasteiger partial charge is 0.407 e. The molecular formula is C24H40N4O3. The Balaban J connectivity index is 1.73. The fourth-order valence-corrected chi connectivity index (χ4v) is 4.50. The lowest BCUT2D eigenvalue weighted by atomic mass is 10.1. The predicted molar refractivity (Wildman–Crippen MR) is 127 cm³/mol. The molecule has 0 aromatic heterocycles. The number of benzene rings is 1. The van der Waals surface area contributed by atoms with Crippen LogP contribution in [0.2, 0.25) is 0 Å². The van der Waals surface area contributed by atoms with Crippen molar-refractivity contribution in [3.05, 3.63) is 17.7 Å². The number of amides is 1. The van der Waals surface area contributed by atoms with Crippen LogP contribution in [-0.2, 0) is 0 Å². The maximum absolute atomic E-state index is 11.3. The van der Waals surface area contributed by atoms with Gasteiger partial charge in [-0.3, -0.25) is 0 Å². The molecule has 7 nitrogen and oxygen atoms in total. The summed E-state index contributed by atoms with van der Waals surface area (Å²) in [7, 11) is 0. The van der Waals surface area contributed by atoms with E-state index >= 15 is 0 Å². The number of piperazine rings is 1. The molecule has 3 rings (SSSR count). The molecule has 0 saturated carbocycles. The van der Waals surface area contributed by atoms with Crippen molar-refractivity contribution in [3.63, 3.8) is 0 Å². The van der Waals surface area contributed by atoms with E-state index in [1.165, 1.54) is 36.4 Å². The third kappa shape index (κ3) is 6.42. The molecule has 2 aliphatic rings. The monoisotopic (exact) mass is 432 g/mol. The van der Waals surface area contributed by atoms with Crippen molar-refractivity contribution >= 4 is 17.5 Å². The molecule has 2 aliphatic heterocycles. The number of nitrogens with one attached hydrogen (secondary N) is 1. The van der Waals surface area contributed by atoms with Gasteiger partial charge < -0.3 is 29.9 Å². The average molecular weight is 433 g/mol. The number of likely N-dealkylation sites (tertiary alicyclic amines) is 1. The molecule has 0 atom stereocenters. The van der Waals surface area contributed by atoms with Gasteiger partial charge in [-0.15, -0.1) is 0 Å². The Kier molecular flexibility index (Phi) is 8.69. The van der Waals surface area contributed by atoms with E-state index in [-0.39, 0.29) is 0 Å². The molecule has 2 heterocycles. The third-order valence-corrected chi connectivity index (χ3v) is 6.83. The molecule has 2 fully saturated rings. The van der Waals surface area contributed by atoms with Gasteiger partial charge in [-0.25, -0.2) is 4.79 Å². The van der Waals surface area contributed by atoms with Gasteiger partial charge in [0.25, 0.3) is 0 Å². The Morgan fingerprint density at radius 1 is 1.10 bits per heavy atom. The van der Waals surface area contributed by atoms with Crippen molar-refractivity contribution in [2.24, 2.45) is 5.92 Å². The maximum Gasteiger partial charge on any atom is 0.407 e. The van der Waals surface area contributed by atoms with Gasteiger partial charge in [0.1, 0.15) is 5.75 Å². The number of carboxylic acid groups (broad SMARTS) is 1. The molecular weight excluding hydrogens is 392 g/mol. The maximum atomic E-state index is 11.3. The Morgan fingerprint density at radius 2 is 1.77 bits per heavy atom. The zero-order valence-electron chi connectivity index (χ0n) is 19.5. The van der Waals surface area contributed by atoms with Gasteiger partial charge in [0.05, 0.1) is 6.61 Å². The number of hydrogen-bond donors (Lipinski definition) is 2. The summed E-state index contributed by atoms with van der Waals surface area (Å²) in [5.74, 6) is 1.47. The zero-order chi connectivity index (χ0) is 22.2. The molecule has 1 aromatic carbocycles. The fraction of sp³-hybridized carbons (Fsp3) is 0.708. The van der Waals surface area contributed by atoms with E-state index in [1.807, 2.05) is 0 Å². The number of ether oxygens (including phenoxy) is 1. The normalized spacial score (nSPS) is 17.4. The molecule has 0 bridgehead atoms. The Hall–Kier alpha value is -2.15. The topological polar surface area (TPSA) is 68.3 Å². The summed E-state index contributed by atoms with van der Waals surface area (Å²) in [5, 5.41) is 12.9. The average Bonchev–Trinajstić information content (AvgIpc) is 3.30. The minimum atomic E-state index is -0.831. The highest BCUT2D eigenvalue weighted by atomic mass is 16.5. The van der Waals surface area contributed by atoms with E-state index in [2.05, 4.69) is 48.0 Å². The van der Waals surface area contributed by atoms with Gasteiger partial charge in [-0.1, -0.05) is 26.7 Å². The number of rotatable bonds is 10. The van der Waals surface area contributed by atoms with Crippen molar-refractivity contribution in [3.8, 4) is 5.75 Å². The molecule has 7 heteroatoms. The summed E-state index contributed by atoms with van der Waals surface area (Å²) in [6.07, 6.45) is 4.03. The van der Waals surface area contributed by atoms with Gasteiger partial charge >= 0.3 is 6.09 Å². The first kappa shape index (κ1) is 23.5. The summed E-state index contributed by atoms with van der Waals surface area (Å²) in [5.41, 5.74) is 3.48. The number of carbonyl (C=O) groups is 1. The van der Waals surface area contributed by atoms with Crippen LogP contribution in [0.25, 0.3) is 0 Å². The molecule has 31 heavy (non-hydrogen) atoms. The second-order valence-corrected chi connectivity index (χ2v) is 8.84. The van der Waals surface area contributed by atoms with E-state index in [9.17, 15) is 9.90 Å². The second kappa shape index (κ2) is 11.5. The summed E-state index contributed by atoms with van der Waals surface area (Å²) in [4.78, 5) is 17.6. The van der Waals surface area contributed by atoms with Crippen LogP contribution >= 0.6 is 0 Å². The van der Waals surface area contributed by atoms with E-state index in [0.717, 1.165) is 49.7 Å². The fourth-order valence-electron chi connectivity index (χ4n) is 4.50. The van der Waals surface area contributed by atoms with Crippen LogP contribution in [-0.4, -0.2) is 80.0 Å². The van der Waals surface area contributed by atoms with Crippen LogP contribution in [0.4, 0.5) is 16.2 Å². The number of hydrogen-bond acceptors (Lipinski definition) is 5. The Bertz CT molecular complexity index is 709. The highest BCUT2D eigenvalue weighted by Crippen LogP contribution is 2.34. The highest BCUT2D eigenvalue weighted by molar-refractivity contribution is 5.70. The van der Waals surface area contributed by atoms with Crippen LogP contribution in [0.15, 0.2) is 12.1 Å². The lowest BCUT2D eigenvalue weighted by molar-refractivity contribution is 0.142. The molecule has 174 valence electrons. The first-order valence-electron chi connectivity index (χ1n) is 12.0. The first-order chi connectivity index (χ1) is 15.0. The molecule has 1 aromatic rings. The van der Waals surface area contributed by atoms with E-state index in [1.54, 1.807) is 0 Å². The van der Waals surface area contributed by atoms with E-state index < -0.39 is 6.09 Å². The van der Waals surface area contributed by atoms with Crippen LogP contribution < -0.4 is 15.0 Å². The highest BCUT2D eigenvalue weighted by Gasteiger charge is 2.23. The summed E-state index contributed by atoms with van der Waals surface area (Å²) < 4.78 is 6.23. The quantitative estimate of drug-likeness (QED) is 0.580. The van der Waals surface area contributed by atoms with Gasteiger partial charge in [-0.05, 0) is 44.3 Å². The molecule has 0 aliphatic carbocycles. The SMILES string of the molecule is CCC(CC)COc1cc(NCCN2CCCC2)c(C)c(N2CCN(C(=O)O)CC2)c1. The van der Waals surface area contributed by atoms with Gasteiger partial charge in [0.2, 0.25) is 0 Å². The standard InChI is InChI=1S/C24H40N4O3/c1-4-20(5-2)18-31-21-16-22(25-8-11-26-9-6-7-10-26)19(3)23(17-21)27-12-14-28(15-13-27)24(29)30/h16-17,20,25H,4-15,18H2,1-3H3,(H,29,30). The molecule has 0 radical (unpaired) electrons. The lowest BCUT2D eigenvalue weighted by Crippen LogP contribution is -2.48. The number of nitrogens with zero attached hydrogens (tertiary/aromatic N) is 3. The van der Waals surface area contributed by atoms with Crippen molar-refractivity contribution in [1.82, 2.24) is 9.80 Å². The third-order valence-electron chi connectivity index (χ3n) is 6.83. The van der Waals surface area contributed by atoms with Crippen molar-refractivity contribution < 1.29 is 14.6 Å². The summed E-state index contributed by atoms with van der Waals surface area (Å²) >= 11 is 0. The molecule has 2 saturated heterocycles. The summed E-state index contributed by atoms with van der Waals surface area (Å²) in [6, 6.07) is 4.28. The van der Waals surface area contributed by atoms with Crippen molar-refractivity contribution in [2.75, 3.05) is 69.2 Å². The van der Waals surface area contributed by atoms with Crippen LogP contribution in [0.5, 0.6) is 5.75 Å². The van der Waals surface area contributed by atoms with Crippen molar-refractivity contribution in [2.45, 2.75) is 46.5 Å². The largest absolute Gasteiger partial charge is 0.493 e. The van der Waals surface area contributed by atoms with Crippen molar-refractivity contribution in [1.29, 1.82) is 0 Å². The second-order valence-electron chi connectivity index (χ2n) is 8.84. The van der Waals surface area contributed by atoms with Gasteiger partial charge in [0, 0.05) is 62.8 Å². The van der Waals surface area contributed by atoms with Crippen LogP contribution in [0.1, 0.15) is 45.1 Å². The first-order valence-corrected chi connectivity index (χ1v) is 12.0. The van der Waals surface area contributed by atoms with Crippen LogP contribution in [0, 0.1) is 12.8 Å². The Morgan fingerprint density at radius 3 is 2.39 bits per heavy atom. The molecule has 0 unspecified atom stereocenters.